The maximum atomic E-state index is 14.3. The van der Waals surface area contributed by atoms with Gasteiger partial charge in [-0.1, -0.05) is 48.5 Å². The number of para-hydroxylation sites is 1. The topological polar surface area (TPSA) is 76.1 Å². The predicted molar refractivity (Wildman–Crippen MR) is 127 cm³/mol. The number of carbonyl (C=O) groups is 3. The summed E-state index contributed by atoms with van der Waals surface area (Å²) in [5.41, 5.74) is -0.911. The van der Waals surface area contributed by atoms with Crippen molar-refractivity contribution in [2.45, 2.75) is 49.7 Å². The van der Waals surface area contributed by atoms with Crippen molar-refractivity contribution in [3.05, 3.63) is 66.2 Å². The molecule has 0 radical (unpaired) electrons. The SMILES string of the molecule is COC(=O)C1CSC2CC(c3ccccc3)(N(C(=O)OC(C)(C)C)c3ccccc3)C(=O)N21. The first kappa shape index (κ1) is 23.2. The van der Waals surface area contributed by atoms with Crippen LogP contribution in [0.4, 0.5) is 10.5 Å². The molecule has 0 N–H and O–H groups in total. The van der Waals surface area contributed by atoms with E-state index in [0.717, 1.165) is 0 Å². The third-order valence-electron chi connectivity index (χ3n) is 5.85. The van der Waals surface area contributed by atoms with Gasteiger partial charge in [-0.15, -0.1) is 11.8 Å². The van der Waals surface area contributed by atoms with E-state index in [1.54, 1.807) is 37.8 Å². The Kier molecular flexibility index (Phi) is 6.14. The number of hydrogen-bond donors (Lipinski definition) is 0. The summed E-state index contributed by atoms with van der Waals surface area (Å²) in [5.74, 6) is -0.300. The van der Waals surface area contributed by atoms with E-state index in [9.17, 15) is 14.4 Å². The Morgan fingerprint density at radius 1 is 1.06 bits per heavy atom. The van der Waals surface area contributed by atoms with Gasteiger partial charge in [0, 0.05) is 17.9 Å². The summed E-state index contributed by atoms with van der Waals surface area (Å²) < 4.78 is 10.8. The fourth-order valence-electron chi connectivity index (χ4n) is 4.50. The number of anilines is 1. The van der Waals surface area contributed by atoms with Gasteiger partial charge in [-0.25, -0.2) is 9.59 Å². The zero-order valence-electron chi connectivity index (χ0n) is 19.2. The molecule has 2 heterocycles. The lowest BCUT2D eigenvalue weighted by Gasteiger charge is -2.41. The third-order valence-corrected chi connectivity index (χ3v) is 7.13. The van der Waals surface area contributed by atoms with Gasteiger partial charge in [0.25, 0.3) is 5.91 Å². The fraction of sp³-hybridized carbons (Fsp3) is 0.400. The average molecular weight is 469 g/mol. The first-order valence-electron chi connectivity index (χ1n) is 10.8. The molecule has 3 atom stereocenters. The minimum absolute atomic E-state index is 0.268. The minimum Gasteiger partial charge on any atom is -0.467 e. The molecule has 7 nitrogen and oxygen atoms in total. The summed E-state index contributed by atoms with van der Waals surface area (Å²) in [7, 11) is 1.32. The number of hydrogen-bond acceptors (Lipinski definition) is 6. The zero-order valence-corrected chi connectivity index (χ0v) is 20.0. The molecule has 2 aliphatic heterocycles. The van der Waals surface area contributed by atoms with Crippen LogP contribution in [0.5, 0.6) is 0 Å². The molecule has 4 rings (SSSR count). The van der Waals surface area contributed by atoms with E-state index in [-0.39, 0.29) is 11.3 Å². The van der Waals surface area contributed by atoms with Crippen molar-refractivity contribution in [1.29, 1.82) is 0 Å². The van der Waals surface area contributed by atoms with Gasteiger partial charge in [-0.2, -0.15) is 0 Å². The normalized spacial score (nSPS) is 24.4. The molecule has 2 saturated heterocycles. The Morgan fingerprint density at radius 3 is 2.24 bits per heavy atom. The van der Waals surface area contributed by atoms with Gasteiger partial charge in [-0.3, -0.25) is 9.69 Å². The third kappa shape index (κ3) is 4.08. The van der Waals surface area contributed by atoms with Crippen molar-refractivity contribution in [3.8, 4) is 0 Å². The highest BCUT2D eigenvalue weighted by atomic mass is 32.2. The standard InChI is InChI=1S/C25H28N2O5S/c1-24(2,3)32-23(30)27(18-13-9-6-10-14-18)25(17-11-7-5-8-12-17)15-20-26(22(25)29)19(16-33-20)21(28)31-4/h5-14,19-20H,15-16H2,1-4H3. The molecule has 0 spiro atoms. The molecule has 0 aliphatic carbocycles. The van der Waals surface area contributed by atoms with E-state index in [1.807, 2.05) is 48.5 Å². The lowest BCUT2D eigenvalue weighted by atomic mass is 9.85. The summed E-state index contributed by atoms with van der Waals surface area (Å²) in [5, 5.41) is -0.268. The second-order valence-corrected chi connectivity index (χ2v) is 10.3. The van der Waals surface area contributed by atoms with E-state index < -0.39 is 29.2 Å². The van der Waals surface area contributed by atoms with Gasteiger partial charge in [0.1, 0.15) is 11.6 Å². The van der Waals surface area contributed by atoms with E-state index in [0.29, 0.717) is 23.4 Å². The monoisotopic (exact) mass is 468 g/mol. The van der Waals surface area contributed by atoms with Crippen molar-refractivity contribution in [1.82, 2.24) is 4.90 Å². The van der Waals surface area contributed by atoms with E-state index in [1.165, 1.54) is 23.8 Å². The van der Waals surface area contributed by atoms with Crippen LogP contribution in [0.3, 0.4) is 0 Å². The molecule has 8 heteroatoms. The van der Waals surface area contributed by atoms with Crippen LogP contribution < -0.4 is 4.90 Å². The summed E-state index contributed by atoms with van der Waals surface area (Å²) in [6.07, 6.45) is -0.297. The Morgan fingerprint density at radius 2 is 1.67 bits per heavy atom. The highest BCUT2D eigenvalue weighted by Gasteiger charge is 2.63. The lowest BCUT2D eigenvalue weighted by Crippen LogP contribution is -2.57. The van der Waals surface area contributed by atoms with E-state index in [4.69, 9.17) is 9.47 Å². The van der Waals surface area contributed by atoms with Crippen molar-refractivity contribution in [2.24, 2.45) is 0 Å². The largest absolute Gasteiger partial charge is 0.467 e. The number of ether oxygens (including phenoxy) is 2. The van der Waals surface area contributed by atoms with E-state index >= 15 is 0 Å². The fourth-order valence-corrected chi connectivity index (χ4v) is 5.97. The highest BCUT2D eigenvalue weighted by Crippen LogP contribution is 2.51. The molecular weight excluding hydrogens is 440 g/mol. The Balaban J connectivity index is 1.90. The molecule has 2 aromatic rings. The number of thioether (sulfide) groups is 1. The van der Waals surface area contributed by atoms with Crippen molar-refractivity contribution in [2.75, 3.05) is 17.8 Å². The maximum Gasteiger partial charge on any atom is 0.416 e. The van der Waals surface area contributed by atoms with E-state index in [2.05, 4.69) is 0 Å². The lowest BCUT2D eigenvalue weighted by molar-refractivity contribution is -0.151. The van der Waals surface area contributed by atoms with Gasteiger partial charge < -0.3 is 14.4 Å². The number of nitrogens with zero attached hydrogens (tertiary/aromatic N) is 2. The number of rotatable bonds is 4. The highest BCUT2D eigenvalue weighted by molar-refractivity contribution is 8.00. The van der Waals surface area contributed by atoms with Crippen LogP contribution in [0.15, 0.2) is 60.7 Å². The number of methoxy groups -OCH3 is 1. The predicted octanol–water partition coefficient (Wildman–Crippen LogP) is 4.17. The molecule has 2 aromatic carbocycles. The quantitative estimate of drug-likeness (QED) is 0.627. The summed E-state index contributed by atoms with van der Waals surface area (Å²) in [4.78, 5) is 43.5. The number of esters is 1. The van der Waals surface area contributed by atoms with Crippen LogP contribution in [-0.4, -0.2) is 52.7 Å². The molecule has 3 unspecified atom stereocenters. The Labute approximate surface area is 198 Å². The molecule has 33 heavy (non-hydrogen) atoms. The molecule has 2 amide bonds. The number of amides is 2. The number of fused-ring (bicyclic) bond motifs is 1. The second kappa shape index (κ2) is 8.74. The summed E-state index contributed by atoms with van der Waals surface area (Å²) in [6.45, 7) is 5.38. The Bertz CT molecular complexity index is 1040. The van der Waals surface area contributed by atoms with Crippen LogP contribution in [0.25, 0.3) is 0 Å². The smallest absolute Gasteiger partial charge is 0.416 e. The van der Waals surface area contributed by atoms with Crippen LogP contribution in [-0.2, 0) is 24.6 Å². The second-order valence-electron chi connectivity index (χ2n) is 9.12. The van der Waals surface area contributed by atoms with Gasteiger partial charge >= 0.3 is 12.1 Å². The van der Waals surface area contributed by atoms with Gasteiger partial charge in [0.2, 0.25) is 0 Å². The zero-order chi connectivity index (χ0) is 23.8. The van der Waals surface area contributed by atoms with Crippen LogP contribution in [0.1, 0.15) is 32.8 Å². The van der Waals surface area contributed by atoms with Gasteiger partial charge in [-0.05, 0) is 38.5 Å². The molecule has 2 fully saturated rings. The van der Waals surface area contributed by atoms with Crippen LogP contribution in [0, 0.1) is 0 Å². The van der Waals surface area contributed by atoms with Crippen molar-refractivity contribution in [3.63, 3.8) is 0 Å². The van der Waals surface area contributed by atoms with Crippen molar-refractivity contribution < 1.29 is 23.9 Å². The maximum absolute atomic E-state index is 14.3. The van der Waals surface area contributed by atoms with Crippen LogP contribution >= 0.6 is 11.8 Å². The number of benzene rings is 2. The molecule has 2 aliphatic rings. The van der Waals surface area contributed by atoms with Gasteiger partial charge in [0.05, 0.1) is 12.5 Å². The molecular formula is C25H28N2O5S. The van der Waals surface area contributed by atoms with Gasteiger partial charge in [0.15, 0.2) is 5.54 Å². The first-order valence-corrected chi connectivity index (χ1v) is 11.9. The Hall–Kier alpha value is -3.00. The molecule has 0 bridgehead atoms. The average Bonchev–Trinajstić information content (AvgIpc) is 3.32. The van der Waals surface area contributed by atoms with Crippen LogP contribution in [0.2, 0.25) is 0 Å². The summed E-state index contributed by atoms with van der Waals surface area (Å²) in [6, 6.07) is 17.6. The van der Waals surface area contributed by atoms with Crippen molar-refractivity contribution >= 4 is 35.4 Å². The first-order chi connectivity index (χ1) is 15.7. The number of carbonyl (C=O) groups excluding carboxylic acids is 3. The molecule has 0 aromatic heterocycles. The molecule has 174 valence electrons. The molecule has 0 saturated carbocycles. The minimum atomic E-state index is -1.37. The summed E-state index contributed by atoms with van der Waals surface area (Å²) >= 11 is 1.53.